The molecule has 0 heterocycles. The number of hydrogen-bond acceptors (Lipinski definition) is 1. The SMILES string of the molecule is C=C/C=C(/C)C=C/C(C=CC1=CC2=CC(/C=C(/C3C=C(C(F)(F)F)C3)N(C)C)=C=C2C1)=C/C=C. The zero-order valence-corrected chi connectivity index (χ0v) is 19.9. The molecular formula is C30H30F3N. The van der Waals surface area contributed by atoms with Crippen molar-refractivity contribution in [1.82, 2.24) is 4.90 Å². The average molecular weight is 462 g/mol. The van der Waals surface area contributed by atoms with E-state index in [4.69, 9.17) is 0 Å². The van der Waals surface area contributed by atoms with Crippen LogP contribution in [0, 0.1) is 5.92 Å². The first kappa shape index (κ1) is 25.1. The second-order valence-electron chi connectivity index (χ2n) is 8.73. The van der Waals surface area contributed by atoms with Crippen molar-refractivity contribution in [2.75, 3.05) is 14.1 Å². The maximum absolute atomic E-state index is 12.8. The van der Waals surface area contributed by atoms with Crippen molar-refractivity contribution in [2.24, 2.45) is 5.92 Å². The number of alkyl halides is 3. The fourth-order valence-corrected chi connectivity index (χ4v) is 4.00. The Bertz CT molecular complexity index is 1180. The Morgan fingerprint density at radius 2 is 1.79 bits per heavy atom. The molecule has 0 amide bonds. The van der Waals surface area contributed by atoms with Gasteiger partial charge in [0.1, 0.15) is 0 Å². The van der Waals surface area contributed by atoms with Gasteiger partial charge in [-0.25, -0.2) is 0 Å². The summed E-state index contributed by atoms with van der Waals surface area (Å²) in [4.78, 5) is 1.89. The Kier molecular flexibility index (Phi) is 7.86. The van der Waals surface area contributed by atoms with Gasteiger partial charge in [-0.3, -0.25) is 0 Å². The predicted molar refractivity (Wildman–Crippen MR) is 136 cm³/mol. The molecule has 0 fully saturated rings. The van der Waals surface area contributed by atoms with Gasteiger partial charge in [0.25, 0.3) is 0 Å². The second-order valence-corrected chi connectivity index (χ2v) is 8.73. The van der Waals surface area contributed by atoms with E-state index >= 15 is 0 Å². The molecule has 1 nitrogen and oxygen atoms in total. The maximum atomic E-state index is 12.8. The highest BCUT2D eigenvalue weighted by Gasteiger charge is 2.41. The summed E-state index contributed by atoms with van der Waals surface area (Å²) >= 11 is 0. The minimum Gasteiger partial charge on any atom is -0.380 e. The summed E-state index contributed by atoms with van der Waals surface area (Å²) in [6.07, 6.45) is 19.7. The summed E-state index contributed by atoms with van der Waals surface area (Å²) in [5, 5.41) is 0. The number of halogens is 3. The van der Waals surface area contributed by atoms with E-state index < -0.39 is 11.7 Å². The summed E-state index contributed by atoms with van der Waals surface area (Å²) in [5.74, 6) is -0.216. The minimum atomic E-state index is -4.23. The molecular weight excluding hydrogens is 431 g/mol. The number of fused-ring (bicyclic) bond motifs is 1. The number of rotatable bonds is 9. The predicted octanol–water partition coefficient (Wildman–Crippen LogP) is 8.02. The molecule has 0 aromatic rings. The Labute approximate surface area is 200 Å². The van der Waals surface area contributed by atoms with Crippen molar-refractivity contribution in [2.45, 2.75) is 25.9 Å². The van der Waals surface area contributed by atoms with Crippen molar-refractivity contribution in [3.05, 3.63) is 137 Å². The molecule has 0 aromatic heterocycles. The fourth-order valence-electron chi connectivity index (χ4n) is 4.00. The highest BCUT2D eigenvalue weighted by atomic mass is 19.4. The topological polar surface area (TPSA) is 3.24 Å². The molecule has 0 saturated heterocycles. The summed E-state index contributed by atoms with van der Waals surface area (Å²) < 4.78 is 38.5. The Morgan fingerprint density at radius 3 is 2.38 bits per heavy atom. The molecule has 1 unspecified atom stereocenters. The van der Waals surface area contributed by atoms with Crippen LogP contribution >= 0.6 is 0 Å². The molecule has 0 spiro atoms. The molecule has 3 aliphatic carbocycles. The van der Waals surface area contributed by atoms with Gasteiger partial charge < -0.3 is 4.90 Å². The molecule has 0 aliphatic heterocycles. The summed E-state index contributed by atoms with van der Waals surface area (Å²) in [5.41, 5.74) is 10.3. The van der Waals surface area contributed by atoms with Gasteiger partial charge in [0.15, 0.2) is 0 Å². The van der Waals surface area contributed by atoms with E-state index in [1.165, 1.54) is 11.6 Å². The number of allylic oxidation sites excluding steroid dienone is 18. The molecule has 0 bridgehead atoms. The van der Waals surface area contributed by atoms with Crippen LogP contribution in [0.25, 0.3) is 0 Å². The van der Waals surface area contributed by atoms with Gasteiger partial charge in [0.05, 0.1) is 0 Å². The maximum Gasteiger partial charge on any atom is 0.412 e. The Hall–Kier alpha value is -3.49. The molecule has 0 N–H and O–H groups in total. The van der Waals surface area contributed by atoms with Gasteiger partial charge in [0.2, 0.25) is 0 Å². The second kappa shape index (κ2) is 10.6. The van der Waals surface area contributed by atoms with Crippen LogP contribution in [-0.4, -0.2) is 25.2 Å². The fraction of sp³-hybridized carbons (Fsp3) is 0.233. The van der Waals surface area contributed by atoms with E-state index in [1.807, 2.05) is 56.3 Å². The van der Waals surface area contributed by atoms with E-state index in [0.717, 1.165) is 40.0 Å². The van der Waals surface area contributed by atoms with Crippen molar-refractivity contribution in [1.29, 1.82) is 0 Å². The summed E-state index contributed by atoms with van der Waals surface area (Å²) in [6, 6.07) is 0. The first-order valence-corrected chi connectivity index (χ1v) is 11.2. The lowest BCUT2D eigenvalue weighted by molar-refractivity contribution is -0.0988. The van der Waals surface area contributed by atoms with Crippen molar-refractivity contribution in [3.8, 4) is 0 Å². The smallest absolute Gasteiger partial charge is 0.380 e. The average Bonchev–Trinajstić information content (AvgIpc) is 3.25. The first-order chi connectivity index (χ1) is 16.1. The van der Waals surface area contributed by atoms with Gasteiger partial charge in [0, 0.05) is 48.9 Å². The van der Waals surface area contributed by atoms with Crippen molar-refractivity contribution >= 4 is 0 Å². The van der Waals surface area contributed by atoms with Gasteiger partial charge in [-0.15, -0.1) is 5.73 Å². The quantitative estimate of drug-likeness (QED) is 0.191. The van der Waals surface area contributed by atoms with Crippen LogP contribution in [0.3, 0.4) is 0 Å². The van der Waals surface area contributed by atoms with Gasteiger partial charge in [-0.1, -0.05) is 79.5 Å². The van der Waals surface area contributed by atoms with Crippen molar-refractivity contribution in [3.63, 3.8) is 0 Å². The highest BCUT2D eigenvalue weighted by molar-refractivity contribution is 5.61. The molecule has 4 heteroatoms. The van der Waals surface area contributed by atoms with Gasteiger partial charge in [-0.05, 0) is 42.2 Å². The standard InChI is InChI=1S/C30H30F3N/c1-6-8-21(3)10-11-22(9-7-2)12-13-23-14-25-16-24(17-26(25)15-23)18-29(34(4)5)27-19-28(20-27)30(31,32)33/h6-14,16,18-19,27H,1-2,15,20H2,3-5H3/b11-10?,13-12?,21-8-,22-9-,29-18-. The van der Waals surface area contributed by atoms with Gasteiger partial charge in [-0.2, -0.15) is 13.2 Å². The van der Waals surface area contributed by atoms with E-state index in [0.29, 0.717) is 0 Å². The largest absolute Gasteiger partial charge is 0.412 e. The van der Waals surface area contributed by atoms with Crippen LogP contribution in [0.15, 0.2) is 137 Å². The lowest BCUT2D eigenvalue weighted by Crippen LogP contribution is -2.28. The lowest BCUT2D eigenvalue weighted by Gasteiger charge is -2.32. The third-order valence-electron chi connectivity index (χ3n) is 5.80. The van der Waals surface area contributed by atoms with E-state index in [1.54, 1.807) is 12.2 Å². The van der Waals surface area contributed by atoms with Crippen LogP contribution in [-0.2, 0) is 0 Å². The van der Waals surface area contributed by atoms with E-state index in [-0.39, 0.29) is 12.3 Å². The van der Waals surface area contributed by atoms with Crippen LogP contribution in [0.1, 0.15) is 19.8 Å². The number of nitrogens with zero attached hydrogens (tertiary/aromatic N) is 1. The van der Waals surface area contributed by atoms with Crippen LogP contribution in [0.5, 0.6) is 0 Å². The molecule has 176 valence electrons. The van der Waals surface area contributed by atoms with E-state index in [9.17, 15) is 13.2 Å². The zero-order valence-electron chi connectivity index (χ0n) is 19.9. The van der Waals surface area contributed by atoms with E-state index in [2.05, 4.69) is 43.2 Å². The molecule has 1 atom stereocenters. The monoisotopic (exact) mass is 461 g/mol. The molecule has 0 aromatic carbocycles. The molecule has 3 rings (SSSR count). The van der Waals surface area contributed by atoms with Crippen LogP contribution in [0.4, 0.5) is 13.2 Å². The van der Waals surface area contributed by atoms with Crippen molar-refractivity contribution < 1.29 is 13.2 Å². The summed E-state index contributed by atoms with van der Waals surface area (Å²) in [7, 11) is 3.73. The lowest BCUT2D eigenvalue weighted by atomic mass is 9.82. The number of hydrogen-bond donors (Lipinski definition) is 0. The minimum absolute atomic E-state index is 0.0285. The molecule has 3 aliphatic rings. The third kappa shape index (κ3) is 6.30. The summed E-state index contributed by atoms with van der Waals surface area (Å²) in [6.45, 7) is 9.52. The third-order valence-corrected chi connectivity index (χ3v) is 5.80. The Morgan fingerprint density at radius 1 is 1.09 bits per heavy atom. The van der Waals surface area contributed by atoms with Gasteiger partial charge >= 0.3 is 6.18 Å². The Balaban J connectivity index is 1.72. The first-order valence-electron chi connectivity index (χ1n) is 11.2. The molecule has 34 heavy (non-hydrogen) atoms. The van der Waals surface area contributed by atoms with Crippen LogP contribution in [0.2, 0.25) is 0 Å². The normalized spacial score (nSPS) is 21.1. The zero-order chi connectivity index (χ0) is 24.9. The molecule has 0 saturated carbocycles. The van der Waals surface area contributed by atoms with Crippen LogP contribution < -0.4 is 0 Å². The highest BCUT2D eigenvalue weighted by Crippen LogP contribution is 2.43. The molecule has 0 radical (unpaired) electrons.